The third kappa shape index (κ3) is 7.63. The summed E-state index contributed by atoms with van der Waals surface area (Å²) in [7, 11) is 0. The van der Waals surface area contributed by atoms with E-state index in [0.29, 0.717) is 31.1 Å². The van der Waals surface area contributed by atoms with Crippen molar-refractivity contribution in [2.75, 3.05) is 0 Å². The zero-order valence-corrected chi connectivity index (χ0v) is 21.0. The Hall–Kier alpha value is -1.34. The van der Waals surface area contributed by atoms with Crippen molar-refractivity contribution in [3.63, 3.8) is 0 Å². The molecule has 7 heteroatoms. The molecule has 0 spiro atoms. The second-order valence-corrected chi connectivity index (χ2v) is 12.3. The van der Waals surface area contributed by atoms with Gasteiger partial charge in [-0.05, 0) is 91.9 Å². The van der Waals surface area contributed by atoms with Gasteiger partial charge in [0.25, 0.3) is 0 Å². The summed E-state index contributed by atoms with van der Waals surface area (Å²) in [5, 5.41) is 19.9. The van der Waals surface area contributed by atoms with Crippen molar-refractivity contribution in [1.82, 2.24) is 15.7 Å². The molecule has 1 aliphatic carbocycles. The zero-order valence-electron chi connectivity index (χ0n) is 21.0. The molecule has 31 heavy (non-hydrogen) atoms. The van der Waals surface area contributed by atoms with Gasteiger partial charge < -0.3 is 15.4 Å². The molecular formula is C24H44N3O4. The molecule has 3 unspecified atom stereocenters. The molecule has 1 radical (unpaired) electrons. The summed E-state index contributed by atoms with van der Waals surface area (Å²) in [6.45, 7) is 17.6. The van der Waals surface area contributed by atoms with E-state index in [2.05, 4.69) is 24.5 Å². The standard InChI is InChI=1S/C24H44N3O4/c1-15(2)10-19(26-21(29)31-22(3,4)5)18-11-16(18)12-20(28)25-17-13-23(6,7)27(30)24(8,9)14-17/h15-19H,10-14H2,1-9H3,(H,25,28)(H,26,29). The SMILES string of the molecule is CC(C)CC(NC(=O)OC(C)(C)C)C1CC1CC(=O)NC1CC(C)(C)N([O])C(C)(C)C1. The molecule has 2 amide bonds. The van der Waals surface area contributed by atoms with Crippen LogP contribution < -0.4 is 10.6 Å². The van der Waals surface area contributed by atoms with Crippen LogP contribution in [0.3, 0.4) is 0 Å². The van der Waals surface area contributed by atoms with Gasteiger partial charge in [0.2, 0.25) is 5.91 Å². The van der Waals surface area contributed by atoms with Gasteiger partial charge in [-0.1, -0.05) is 13.8 Å². The number of hydrogen-bond donors (Lipinski definition) is 2. The normalized spacial score (nSPS) is 26.9. The summed E-state index contributed by atoms with van der Waals surface area (Å²) >= 11 is 0. The largest absolute Gasteiger partial charge is 0.444 e. The topological polar surface area (TPSA) is 90.6 Å². The van der Waals surface area contributed by atoms with Crippen LogP contribution in [0.4, 0.5) is 4.79 Å². The molecule has 1 heterocycles. The van der Waals surface area contributed by atoms with E-state index in [1.165, 1.54) is 5.06 Å². The summed E-state index contributed by atoms with van der Waals surface area (Å²) in [4.78, 5) is 25.0. The molecule has 2 N–H and O–H groups in total. The average molecular weight is 439 g/mol. The van der Waals surface area contributed by atoms with Crippen molar-refractivity contribution in [3.8, 4) is 0 Å². The van der Waals surface area contributed by atoms with E-state index in [1.54, 1.807) is 0 Å². The molecule has 0 aromatic rings. The van der Waals surface area contributed by atoms with Crippen LogP contribution >= 0.6 is 0 Å². The first kappa shape index (κ1) is 25.9. The molecule has 2 fully saturated rings. The van der Waals surface area contributed by atoms with Gasteiger partial charge in [0.05, 0.1) is 0 Å². The van der Waals surface area contributed by atoms with Crippen molar-refractivity contribution in [2.45, 2.75) is 123 Å². The molecular weight excluding hydrogens is 394 g/mol. The number of carbonyl (C=O) groups is 2. The minimum Gasteiger partial charge on any atom is -0.444 e. The smallest absolute Gasteiger partial charge is 0.407 e. The predicted octanol–water partition coefficient (Wildman–Crippen LogP) is 4.44. The van der Waals surface area contributed by atoms with E-state index in [4.69, 9.17) is 4.74 Å². The van der Waals surface area contributed by atoms with E-state index in [-0.39, 0.29) is 30.0 Å². The van der Waals surface area contributed by atoms with Gasteiger partial charge in [-0.15, -0.1) is 10.3 Å². The number of nitrogens with zero attached hydrogens (tertiary/aromatic N) is 1. The number of rotatable bonds is 7. The fourth-order valence-corrected chi connectivity index (χ4v) is 5.20. The number of nitrogens with one attached hydrogen (secondary N) is 2. The monoisotopic (exact) mass is 438 g/mol. The van der Waals surface area contributed by atoms with Crippen LogP contribution in [0.5, 0.6) is 0 Å². The zero-order chi connectivity index (χ0) is 23.8. The number of piperidine rings is 1. The van der Waals surface area contributed by atoms with E-state index in [0.717, 1.165) is 12.8 Å². The Morgan fingerprint density at radius 1 is 1.10 bits per heavy atom. The molecule has 3 atom stereocenters. The molecule has 1 saturated carbocycles. The van der Waals surface area contributed by atoms with Gasteiger partial charge in [0.15, 0.2) is 0 Å². The average Bonchev–Trinajstić information content (AvgIpc) is 3.27. The van der Waals surface area contributed by atoms with Crippen molar-refractivity contribution >= 4 is 12.0 Å². The second kappa shape index (κ2) is 9.26. The van der Waals surface area contributed by atoms with Crippen LogP contribution in [0.25, 0.3) is 0 Å². The van der Waals surface area contributed by atoms with Crippen LogP contribution in [0.15, 0.2) is 0 Å². The third-order valence-corrected chi connectivity index (χ3v) is 6.33. The Bertz CT molecular complexity index is 636. The lowest BCUT2D eigenvalue weighted by atomic mass is 9.79. The molecule has 1 saturated heterocycles. The highest BCUT2D eigenvalue weighted by molar-refractivity contribution is 5.77. The number of amides is 2. The van der Waals surface area contributed by atoms with Crippen molar-refractivity contribution in [3.05, 3.63) is 0 Å². The van der Waals surface area contributed by atoms with E-state index in [1.807, 2.05) is 48.5 Å². The van der Waals surface area contributed by atoms with E-state index in [9.17, 15) is 14.8 Å². The molecule has 0 bridgehead atoms. The molecule has 2 aliphatic rings. The van der Waals surface area contributed by atoms with Gasteiger partial charge in [-0.3, -0.25) is 4.79 Å². The first-order valence-electron chi connectivity index (χ1n) is 11.8. The lowest BCUT2D eigenvalue weighted by molar-refractivity contribution is -0.290. The van der Waals surface area contributed by atoms with E-state index < -0.39 is 16.7 Å². The molecule has 0 aromatic heterocycles. The maximum atomic E-state index is 12.8. The maximum absolute atomic E-state index is 12.8. The molecule has 0 aromatic carbocycles. The number of alkyl carbamates (subject to hydrolysis) is 1. The Balaban J connectivity index is 1.89. The highest BCUT2D eigenvalue weighted by Crippen LogP contribution is 2.45. The highest BCUT2D eigenvalue weighted by atomic mass is 16.6. The molecule has 1 aliphatic heterocycles. The van der Waals surface area contributed by atoms with Gasteiger partial charge in [0.1, 0.15) is 5.60 Å². The van der Waals surface area contributed by atoms with Gasteiger partial charge in [0, 0.05) is 29.6 Å². The first-order chi connectivity index (χ1) is 14.0. The van der Waals surface area contributed by atoms with Crippen LogP contribution in [0.2, 0.25) is 0 Å². The van der Waals surface area contributed by atoms with Crippen molar-refractivity contribution < 1.29 is 19.5 Å². The number of carbonyl (C=O) groups excluding carboxylic acids is 2. The molecule has 179 valence electrons. The summed E-state index contributed by atoms with van der Waals surface area (Å²) in [5.41, 5.74) is -1.53. The number of hydroxylamine groups is 2. The highest BCUT2D eigenvalue weighted by Gasteiger charge is 2.48. The van der Waals surface area contributed by atoms with Crippen molar-refractivity contribution in [1.29, 1.82) is 0 Å². The Kier molecular flexibility index (Phi) is 7.74. The van der Waals surface area contributed by atoms with Crippen LogP contribution in [0, 0.1) is 17.8 Å². The maximum Gasteiger partial charge on any atom is 0.407 e. The lowest BCUT2D eigenvalue weighted by Gasteiger charge is -2.50. The predicted molar refractivity (Wildman–Crippen MR) is 121 cm³/mol. The van der Waals surface area contributed by atoms with Gasteiger partial charge in [-0.25, -0.2) is 4.79 Å². The fraction of sp³-hybridized carbons (Fsp3) is 0.917. The lowest BCUT2D eigenvalue weighted by Crippen LogP contribution is -2.62. The van der Waals surface area contributed by atoms with Crippen LogP contribution in [-0.2, 0) is 14.7 Å². The number of hydrogen-bond acceptors (Lipinski definition) is 4. The fourth-order valence-electron chi connectivity index (χ4n) is 5.20. The van der Waals surface area contributed by atoms with Gasteiger partial charge >= 0.3 is 6.09 Å². The minimum absolute atomic E-state index is 0.00579. The second-order valence-electron chi connectivity index (χ2n) is 12.3. The molecule has 7 nitrogen and oxygen atoms in total. The van der Waals surface area contributed by atoms with Crippen LogP contribution in [0.1, 0.15) is 94.4 Å². The van der Waals surface area contributed by atoms with Crippen LogP contribution in [-0.4, -0.2) is 45.8 Å². The Morgan fingerprint density at radius 2 is 1.65 bits per heavy atom. The van der Waals surface area contributed by atoms with Gasteiger partial charge in [-0.2, -0.15) is 0 Å². The van der Waals surface area contributed by atoms with Crippen molar-refractivity contribution in [2.24, 2.45) is 17.8 Å². The summed E-state index contributed by atoms with van der Waals surface area (Å²) < 4.78 is 5.43. The summed E-state index contributed by atoms with van der Waals surface area (Å²) in [6.07, 6.45) is 3.19. The Labute approximate surface area is 188 Å². The van der Waals surface area contributed by atoms with E-state index >= 15 is 0 Å². The number of ether oxygens (including phenoxy) is 1. The third-order valence-electron chi connectivity index (χ3n) is 6.33. The summed E-state index contributed by atoms with van der Waals surface area (Å²) in [6, 6.07) is 0.0282. The molecule has 2 rings (SSSR count). The quantitative estimate of drug-likeness (QED) is 0.615. The minimum atomic E-state index is -0.531. The summed E-state index contributed by atoms with van der Waals surface area (Å²) in [5.74, 6) is 1.07. The first-order valence-corrected chi connectivity index (χ1v) is 11.8. The Morgan fingerprint density at radius 3 is 2.13 bits per heavy atom.